The van der Waals surface area contributed by atoms with Crippen LogP contribution in [0.1, 0.15) is 90.6 Å². The van der Waals surface area contributed by atoms with Crippen molar-refractivity contribution in [2.75, 3.05) is 18.9 Å². The first-order chi connectivity index (χ1) is 17.3. The number of aryl methyl sites for hydroxylation is 1. The van der Waals surface area contributed by atoms with Crippen molar-refractivity contribution in [2.24, 2.45) is 0 Å². The lowest BCUT2D eigenvalue weighted by Gasteiger charge is -2.35. The van der Waals surface area contributed by atoms with Gasteiger partial charge in [-0.1, -0.05) is 26.0 Å². The lowest BCUT2D eigenvalue weighted by molar-refractivity contribution is -0.0128. The molecule has 1 saturated carbocycles. The number of fused-ring (bicyclic) bond motifs is 1. The van der Waals surface area contributed by atoms with Crippen LogP contribution in [0.5, 0.6) is 0 Å². The molecule has 0 spiro atoms. The largest absolute Gasteiger partial charge is 0.387 e. The van der Waals surface area contributed by atoms with Crippen LogP contribution in [0, 0.1) is 0 Å². The van der Waals surface area contributed by atoms with Crippen molar-refractivity contribution in [1.82, 2.24) is 19.7 Å². The van der Waals surface area contributed by atoms with E-state index in [1.807, 2.05) is 11.6 Å². The van der Waals surface area contributed by atoms with E-state index in [9.17, 15) is 13.6 Å². The van der Waals surface area contributed by atoms with Crippen LogP contribution in [0.25, 0.3) is 5.69 Å². The number of alkyl halides is 2. The Balaban J connectivity index is 1.46. The monoisotopic (exact) mass is 493 g/mol. The molecule has 0 bridgehead atoms. The van der Waals surface area contributed by atoms with Crippen molar-refractivity contribution < 1.29 is 13.6 Å². The summed E-state index contributed by atoms with van der Waals surface area (Å²) in [5.41, 5.74) is 5.94. The number of aromatic nitrogens is 3. The Hall–Kier alpha value is -3.29. The Kier molecular flexibility index (Phi) is 6.30. The second-order valence-electron chi connectivity index (χ2n) is 9.79. The lowest BCUT2D eigenvalue weighted by Crippen LogP contribution is -2.39. The highest BCUT2D eigenvalue weighted by molar-refractivity contribution is 5.99. The minimum Gasteiger partial charge on any atom is -0.387 e. The number of carbonyl (C=O) groups is 1. The summed E-state index contributed by atoms with van der Waals surface area (Å²) in [7, 11) is 1.63. The van der Waals surface area contributed by atoms with E-state index in [2.05, 4.69) is 41.5 Å². The Labute approximate surface area is 210 Å². The van der Waals surface area contributed by atoms with E-state index in [4.69, 9.17) is 5.10 Å². The van der Waals surface area contributed by atoms with Gasteiger partial charge >= 0.3 is 0 Å². The van der Waals surface area contributed by atoms with Crippen LogP contribution in [0.3, 0.4) is 0 Å². The van der Waals surface area contributed by atoms with Gasteiger partial charge < -0.3 is 10.2 Å². The van der Waals surface area contributed by atoms with Gasteiger partial charge in [-0.2, -0.15) is 13.9 Å². The topological polar surface area (TPSA) is 63.1 Å². The van der Waals surface area contributed by atoms with E-state index in [0.29, 0.717) is 30.1 Å². The van der Waals surface area contributed by atoms with Crippen LogP contribution in [-0.2, 0) is 18.8 Å². The standard InChI is InChI=1S/C28H33F2N5O/c1-5-22-26-17(3)34(27(36)21-16-32-25(15-23(21)31-4)28(29,30)6-2)14-13-24(26)35(33-22)20-11-9-19(10-12-20)18-7-8-18/h9-12,15-18H,5-8,13-14H2,1-4H3,(H,31,32). The maximum Gasteiger partial charge on any atom is 0.289 e. The van der Waals surface area contributed by atoms with Gasteiger partial charge in [0.15, 0.2) is 0 Å². The molecule has 3 aromatic rings. The molecule has 36 heavy (non-hydrogen) atoms. The maximum absolute atomic E-state index is 14.2. The quantitative estimate of drug-likeness (QED) is 0.438. The van der Waals surface area contributed by atoms with Gasteiger partial charge in [-0.15, -0.1) is 0 Å². The van der Waals surface area contributed by atoms with Crippen LogP contribution < -0.4 is 5.32 Å². The number of nitrogens with one attached hydrogen (secondary N) is 1. The number of halogens is 2. The van der Waals surface area contributed by atoms with Crippen molar-refractivity contribution in [3.8, 4) is 5.69 Å². The van der Waals surface area contributed by atoms with Gasteiger partial charge in [0.25, 0.3) is 11.8 Å². The molecular weight excluding hydrogens is 460 g/mol. The average molecular weight is 494 g/mol. The van der Waals surface area contributed by atoms with Crippen LogP contribution in [-0.4, -0.2) is 39.2 Å². The molecule has 3 heterocycles. The van der Waals surface area contributed by atoms with Gasteiger partial charge in [0.05, 0.1) is 34.4 Å². The van der Waals surface area contributed by atoms with E-state index in [1.54, 1.807) is 11.9 Å². The molecule has 1 atom stereocenters. The summed E-state index contributed by atoms with van der Waals surface area (Å²) in [4.78, 5) is 19.4. The molecule has 6 nitrogen and oxygen atoms in total. The second kappa shape index (κ2) is 9.30. The third-order valence-corrected chi connectivity index (χ3v) is 7.58. The SMILES string of the molecule is CCc1nn(-c2ccc(C3CC3)cc2)c2c1C(C)N(C(=O)c1cnc(C(F)(F)CC)cc1NC)CC2. The van der Waals surface area contributed by atoms with Gasteiger partial charge in [0.2, 0.25) is 0 Å². The Morgan fingerprint density at radius 1 is 1.19 bits per heavy atom. The number of amides is 1. The minimum atomic E-state index is -3.04. The number of hydrogen-bond donors (Lipinski definition) is 1. The first-order valence-electron chi connectivity index (χ1n) is 12.9. The molecule has 8 heteroatoms. The first-order valence-corrected chi connectivity index (χ1v) is 12.9. The van der Waals surface area contributed by atoms with Crippen molar-refractivity contribution in [1.29, 1.82) is 0 Å². The van der Waals surface area contributed by atoms with Gasteiger partial charge in [-0.05, 0) is 55.9 Å². The molecule has 1 aromatic carbocycles. The summed E-state index contributed by atoms with van der Waals surface area (Å²) in [6.07, 6.45) is 4.89. The van der Waals surface area contributed by atoms with Crippen LogP contribution in [0.15, 0.2) is 36.5 Å². The number of anilines is 1. The van der Waals surface area contributed by atoms with E-state index < -0.39 is 5.92 Å². The van der Waals surface area contributed by atoms with Crippen LogP contribution in [0.4, 0.5) is 14.5 Å². The molecule has 1 fully saturated rings. The average Bonchev–Trinajstić information content (AvgIpc) is 3.68. The minimum absolute atomic E-state index is 0.197. The number of nitrogens with zero attached hydrogens (tertiary/aromatic N) is 4. The summed E-state index contributed by atoms with van der Waals surface area (Å²) in [6, 6.07) is 9.77. The fourth-order valence-electron chi connectivity index (χ4n) is 5.24. The smallest absolute Gasteiger partial charge is 0.289 e. The summed E-state index contributed by atoms with van der Waals surface area (Å²) in [5, 5.41) is 7.85. The highest BCUT2D eigenvalue weighted by Gasteiger charge is 2.36. The molecule has 1 amide bonds. The second-order valence-corrected chi connectivity index (χ2v) is 9.79. The third-order valence-electron chi connectivity index (χ3n) is 7.58. The zero-order valence-corrected chi connectivity index (χ0v) is 21.3. The van der Waals surface area contributed by atoms with Gasteiger partial charge in [-0.3, -0.25) is 9.78 Å². The Bertz CT molecular complexity index is 1280. The predicted molar refractivity (Wildman–Crippen MR) is 136 cm³/mol. The molecule has 1 N–H and O–H groups in total. The molecule has 1 aliphatic carbocycles. The molecule has 0 saturated heterocycles. The van der Waals surface area contributed by atoms with Gasteiger partial charge in [0, 0.05) is 38.2 Å². The van der Waals surface area contributed by atoms with Crippen molar-refractivity contribution in [2.45, 2.75) is 70.8 Å². The summed E-state index contributed by atoms with van der Waals surface area (Å²) in [6.45, 7) is 6.02. The number of rotatable bonds is 7. The lowest BCUT2D eigenvalue weighted by atomic mass is 9.95. The number of carbonyl (C=O) groups excluding carboxylic acids is 1. The highest BCUT2D eigenvalue weighted by Crippen LogP contribution is 2.41. The van der Waals surface area contributed by atoms with Crippen LogP contribution >= 0.6 is 0 Å². The molecule has 0 radical (unpaired) electrons. The van der Waals surface area contributed by atoms with Crippen molar-refractivity contribution in [3.63, 3.8) is 0 Å². The molecule has 2 aromatic heterocycles. The molecule has 1 aliphatic heterocycles. The summed E-state index contributed by atoms with van der Waals surface area (Å²) < 4.78 is 30.5. The molecule has 2 aliphatic rings. The fourth-order valence-corrected chi connectivity index (χ4v) is 5.24. The Morgan fingerprint density at radius 3 is 2.53 bits per heavy atom. The van der Waals surface area contributed by atoms with Gasteiger partial charge in [-0.25, -0.2) is 4.68 Å². The fraction of sp³-hybridized carbons (Fsp3) is 0.464. The summed E-state index contributed by atoms with van der Waals surface area (Å²) >= 11 is 0. The first kappa shape index (κ1) is 24.4. The van der Waals surface area contributed by atoms with Crippen molar-refractivity contribution >= 4 is 11.6 Å². The van der Waals surface area contributed by atoms with Gasteiger partial charge in [0.1, 0.15) is 5.69 Å². The Morgan fingerprint density at radius 2 is 1.92 bits per heavy atom. The third kappa shape index (κ3) is 4.16. The van der Waals surface area contributed by atoms with Crippen molar-refractivity contribution in [3.05, 3.63) is 70.3 Å². The van der Waals surface area contributed by atoms with E-state index in [1.165, 1.54) is 37.6 Å². The predicted octanol–water partition coefficient (Wildman–Crippen LogP) is 6.01. The molecule has 1 unspecified atom stereocenters. The highest BCUT2D eigenvalue weighted by atomic mass is 19.3. The zero-order valence-electron chi connectivity index (χ0n) is 21.3. The number of pyridine rings is 1. The van der Waals surface area contributed by atoms with E-state index >= 15 is 0 Å². The normalized spacial score (nSPS) is 17.7. The van der Waals surface area contributed by atoms with E-state index in [-0.39, 0.29) is 24.1 Å². The number of hydrogen-bond acceptors (Lipinski definition) is 4. The van der Waals surface area contributed by atoms with E-state index in [0.717, 1.165) is 29.1 Å². The molecular formula is C28H33F2N5O. The zero-order chi connectivity index (χ0) is 25.6. The number of benzene rings is 1. The molecule has 190 valence electrons. The summed E-state index contributed by atoms with van der Waals surface area (Å²) in [5.74, 6) is -2.56. The molecule has 5 rings (SSSR count). The van der Waals surface area contributed by atoms with Crippen LogP contribution in [0.2, 0.25) is 0 Å². The maximum atomic E-state index is 14.2.